The van der Waals surface area contributed by atoms with Gasteiger partial charge >= 0.3 is 0 Å². The summed E-state index contributed by atoms with van der Waals surface area (Å²) in [6.45, 7) is 2.63. The van der Waals surface area contributed by atoms with Crippen LogP contribution in [0.3, 0.4) is 0 Å². The number of ether oxygens (including phenoxy) is 1. The van der Waals surface area contributed by atoms with Gasteiger partial charge in [-0.1, -0.05) is 6.07 Å². The van der Waals surface area contributed by atoms with Gasteiger partial charge in [-0.2, -0.15) is 0 Å². The Hall–Kier alpha value is -2.83. The molecule has 1 aliphatic carbocycles. The number of anilines is 2. The standard InChI is InChI=1S/C22H31N5O2/c1-15-24-20(13-21(25-15)27(2)3)26-18-10-8-16(9-11-18)14-23-22(28)17-6-5-7-19(12-17)29-4/h5-7,12-13,16,18H,8-11,14H2,1-4H3,(H,23,28)(H,24,25,26)/t16-,18+. The molecule has 156 valence electrons. The van der Waals surface area contributed by atoms with Crippen LogP contribution in [0.5, 0.6) is 5.75 Å². The molecule has 1 aliphatic rings. The molecule has 1 heterocycles. The molecule has 1 amide bonds. The van der Waals surface area contributed by atoms with E-state index in [0.717, 1.165) is 43.1 Å². The van der Waals surface area contributed by atoms with Crippen molar-refractivity contribution in [2.24, 2.45) is 5.92 Å². The number of nitrogens with zero attached hydrogens (tertiary/aromatic N) is 3. The fraction of sp³-hybridized carbons (Fsp3) is 0.500. The second-order valence-corrected chi connectivity index (χ2v) is 7.86. The lowest BCUT2D eigenvalue weighted by molar-refractivity contribution is 0.0943. The van der Waals surface area contributed by atoms with Crippen molar-refractivity contribution in [1.82, 2.24) is 15.3 Å². The minimum atomic E-state index is -0.0446. The largest absolute Gasteiger partial charge is 0.497 e. The lowest BCUT2D eigenvalue weighted by atomic mass is 9.86. The lowest BCUT2D eigenvalue weighted by Gasteiger charge is -2.29. The number of methoxy groups -OCH3 is 1. The molecule has 0 aliphatic heterocycles. The van der Waals surface area contributed by atoms with E-state index >= 15 is 0 Å². The van der Waals surface area contributed by atoms with Crippen LogP contribution in [-0.2, 0) is 0 Å². The summed E-state index contributed by atoms with van der Waals surface area (Å²) in [5.74, 6) is 3.73. The fourth-order valence-electron chi connectivity index (χ4n) is 3.68. The first-order valence-electron chi connectivity index (χ1n) is 10.2. The molecule has 29 heavy (non-hydrogen) atoms. The Bertz CT molecular complexity index is 832. The Kier molecular flexibility index (Phi) is 6.90. The van der Waals surface area contributed by atoms with Crippen molar-refractivity contribution in [2.75, 3.05) is 38.0 Å². The molecule has 7 nitrogen and oxygen atoms in total. The maximum atomic E-state index is 12.4. The highest BCUT2D eigenvalue weighted by Crippen LogP contribution is 2.26. The van der Waals surface area contributed by atoms with Gasteiger partial charge < -0.3 is 20.3 Å². The van der Waals surface area contributed by atoms with E-state index in [1.807, 2.05) is 50.2 Å². The highest BCUT2D eigenvalue weighted by molar-refractivity contribution is 5.94. The second-order valence-electron chi connectivity index (χ2n) is 7.86. The van der Waals surface area contributed by atoms with Gasteiger partial charge in [-0.05, 0) is 56.7 Å². The Balaban J connectivity index is 1.46. The molecule has 1 aromatic carbocycles. The number of aromatic nitrogens is 2. The number of rotatable bonds is 7. The van der Waals surface area contributed by atoms with Gasteiger partial charge in [0.15, 0.2) is 0 Å². The summed E-state index contributed by atoms with van der Waals surface area (Å²) in [5, 5.41) is 6.63. The van der Waals surface area contributed by atoms with Gasteiger partial charge in [0.2, 0.25) is 0 Å². The van der Waals surface area contributed by atoms with Crippen LogP contribution < -0.4 is 20.3 Å². The van der Waals surface area contributed by atoms with Crippen LogP contribution in [0.15, 0.2) is 30.3 Å². The minimum absolute atomic E-state index is 0.0446. The van der Waals surface area contributed by atoms with Crippen LogP contribution in [0.4, 0.5) is 11.6 Å². The van der Waals surface area contributed by atoms with Crippen LogP contribution in [0.2, 0.25) is 0 Å². The van der Waals surface area contributed by atoms with Gasteiger partial charge in [0.1, 0.15) is 23.2 Å². The molecule has 0 unspecified atom stereocenters. The van der Waals surface area contributed by atoms with E-state index in [0.29, 0.717) is 29.8 Å². The summed E-state index contributed by atoms with van der Waals surface area (Å²) < 4.78 is 5.19. The maximum Gasteiger partial charge on any atom is 0.251 e. The third-order valence-electron chi connectivity index (χ3n) is 5.36. The molecule has 1 saturated carbocycles. The number of hydrogen-bond donors (Lipinski definition) is 2. The first-order chi connectivity index (χ1) is 13.9. The smallest absolute Gasteiger partial charge is 0.251 e. The summed E-state index contributed by atoms with van der Waals surface area (Å²) in [5.41, 5.74) is 0.635. The van der Waals surface area contributed by atoms with Crippen molar-refractivity contribution >= 4 is 17.5 Å². The third-order valence-corrected chi connectivity index (χ3v) is 5.36. The van der Waals surface area contributed by atoms with Gasteiger partial charge in [-0.3, -0.25) is 4.79 Å². The topological polar surface area (TPSA) is 79.4 Å². The number of amides is 1. The Labute approximate surface area is 172 Å². The molecule has 2 N–H and O–H groups in total. The van der Waals surface area contributed by atoms with Crippen molar-refractivity contribution in [3.63, 3.8) is 0 Å². The lowest BCUT2D eigenvalue weighted by Crippen LogP contribution is -2.34. The van der Waals surface area contributed by atoms with Gasteiger partial charge in [0, 0.05) is 38.3 Å². The SMILES string of the molecule is COc1cccc(C(=O)NC[C@H]2CC[C@@H](Nc3cc(N(C)C)nc(C)n3)CC2)c1. The molecule has 0 bridgehead atoms. The second kappa shape index (κ2) is 9.58. The first kappa shape index (κ1) is 20.9. The molecule has 1 aromatic heterocycles. The molecular weight excluding hydrogens is 366 g/mol. The minimum Gasteiger partial charge on any atom is -0.497 e. The van der Waals surface area contributed by atoms with Crippen LogP contribution in [-0.4, -0.2) is 49.7 Å². The van der Waals surface area contributed by atoms with Gasteiger partial charge in [0.25, 0.3) is 5.91 Å². The number of carbonyl (C=O) groups is 1. The Morgan fingerprint density at radius 3 is 2.62 bits per heavy atom. The van der Waals surface area contributed by atoms with E-state index in [4.69, 9.17) is 4.74 Å². The normalized spacial score (nSPS) is 18.8. The van der Waals surface area contributed by atoms with E-state index in [1.54, 1.807) is 13.2 Å². The van der Waals surface area contributed by atoms with Gasteiger partial charge in [-0.15, -0.1) is 0 Å². The zero-order valence-electron chi connectivity index (χ0n) is 17.7. The monoisotopic (exact) mass is 397 g/mol. The predicted molar refractivity (Wildman–Crippen MR) is 116 cm³/mol. The molecule has 1 fully saturated rings. The predicted octanol–water partition coefficient (Wildman–Crippen LogP) is 3.26. The van der Waals surface area contributed by atoms with Crippen molar-refractivity contribution in [1.29, 1.82) is 0 Å². The molecule has 0 atom stereocenters. The molecule has 0 spiro atoms. The molecule has 7 heteroatoms. The summed E-state index contributed by atoms with van der Waals surface area (Å²) in [6.07, 6.45) is 4.31. The van der Waals surface area contributed by atoms with Crippen LogP contribution in [0.25, 0.3) is 0 Å². The molecule has 3 rings (SSSR count). The fourth-order valence-corrected chi connectivity index (χ4v) is 3.68. The summed E-state index contributed by atoms with van der Waals surface area (Å²) in [4.78, 5) is 23.3. The summed E-state index contributed by atoms with van der Waals surface area (Å²) >= 11 is 0. The van der Waals surface area contributed by atoms with E-state index in [-0.39, 0.29) is 5.91 Å². The van der Waals surface area contributed by atoms with Crippen molar-refractivity contribution in [3.8, 4) is 5.75 Å². The number of aryl methyl sites for hydroxylation is 1. The van der Waals surface area contributed by atoms with Crippen molar-refractivity contribution in [3.05, 3.63) is 41.7 Å². The number of hydrogen-bond acceptors (Lipinski definition) is 6. The van der Waals surface area contributed by atoms with Gasteiger partial charge in [-0.25, -0.2) is 9.97 Å². The number of carbonyl (C=O) groups excluding carboxylic acids is 1. The Morgan fingerprint density at radius 2 is 1.93 bits per heavy atom. The van der Waals surface area contributed by atoms with Crippen LogP contribution in [0, 0.1) is 12.8 Å². The average molecular weight is 398 g/mol. The molecule has 0 saturated heterocycles. The summed E-state index contributed by atoms with van der Waals surface area (Å²) in [7, 11) is 5.57. The van der Waals surface area contributed by atoms with Crippen molar-refractivity contribution in [2.45, 2.75) is 38.6 Å². The Morgan fingerprint density at radius 1 is 1.17 bits per heavy atom. The third kappa shape index (κ3) is 5.82. The molecule has 0 radical (unpaired) electrons. The molecular formula is C22H31N5O2. The van der Waals surface area contributed by atoms with E-state index in [2.05, 4.69) is 20.6 Å². The molecule has 2 aromatic rings. The quantitative estimate of drug-likeness (QED) is 0.747. The zero-order valence-corrected chi connectivity index (χ0v) is 17.7. The highest BCUT2D eigenvalue weighted by atomic mass is 16.5. The number of benzene rings is 1. The highest BCUT2D eigenvalue weighted by Gasteiger charge is 2.22. The summed E-state index contributed by atoms with van der Waals surface area (Å²) in [6, 6.07) is 9.65. The van der Waals surface area contributed by atoms with Crippen molar-refractivity contribution < 1.29 is 9.53 Å². The van der Waals surface area contributed by atoms with E-state index in [1.165, 1.54) is 0 Å². The van der Waals surface area contributed by atoms with E-state index < -0.39 is 0 Å². The van der Waals surface area contributed by atoms with Crippen LogP contribution >= 0.6 is 0 Å². The number of nitrogens with one attached hydrogen (secondary N) is 2. The first-order valence-corrected chi connectivity index (χ1v) is 10.2. The van der Waals surface area contributed by atoms with Crippen LogP contribution in [0.1, 0.15) is 41.9 Å². The van der Waals surface area contributed by atoms with E-state index in [9.17, 15) is 4.79 Å². The van der Waals surface area contributed by atoms with Gasteiger partial charge in [0.05, 0.1) is 7.11 Å². The maximum absolute atomic E-state index is 12.4. The zero-order chi connectivity index (χ0) is 20.8. The average Bonchev–Trinajstić information content (AvgIpc) is 2.72.